The number of para-hydroxylation sites is 1. The van der Waals surface area contributed by atoms with Gasteiger partial charge in [-0.15, -0.1) is 0 Å². The van der Waals surface area contributed by atoms with Crippen molar-refractivity contribution in [3.8, 4) is 5.75 Å². The highest BCUT2D eigenvalue weighted by molar-refractivity contribution is 6.04. The summed E-state index contributed by atoms with van der Waals surface area (Å²) in [5.41, 5.74) is 6.06. The Kier molecular flexibility index (Phi) is 19.0. The fraction of sp³-hybridized carbons (Fsp3) is 0.510. The molecular formula is C49H67N7O8. The second kappa shape index (κ2) is 25.0. The third-order valence-corrected chi connectivity index (χ3v) is 11.4. The topological polar surface area (TPSA) is 158 Å². The molecular weight excluding hydrogens is 815 g/mol. The second-order valence-corrected chi connectivity index (χ2v) is 17.0. The van der Waals surface area contributed by atoms with Crippen LogP contribution in [0.25, 0.3) is 0 Å². The fourth-order valence-electron chi connectivity index (χ4n) is 7.95. The van der Waals surface area contributed by atoms with Crippen molar-refractivity contribution in [2.24, 2.45) is 0 Å². The van der Waals surface area contributed by atoms with E-state index in [1.54, 1.807) is 31.6 Å². The zero-order valence-corrected chi connectivity index (χ0v) is 38.2. The van der Waals surface area contributed by atoms with E-state index in [-0.39, 0.29) is 29.3 Å². The molecule has 0 unspecified atom stereocenters. The van der Waals surface area contributed by atoms with E-state index in [9.17, 15) is 9.59 Å². The first-order valence-corrected chi connectivity index (χ1v) is 22.4. The van der Waals surface area contributed by atoms with E-state index in [0.29, 0.717) is 109 Å². The Hall–Kier alpha value is -4.84. The van der Waals surface area contributed by atoms with Crippen molar-refractivity contribution in [2.45, 2.75) is 57.7 Å². The molecule has 3 atom stereocenters. The van der Waals surface area contributed by atoms with Gasteiger partial charge >= 0.3 is 0 Å². The molecule has 0 aliphatic carbocycles. The highest BCUT2D eigenvalue weighted by atomic mass is 16.6. The molecule has 2 aliphatic heterocycles. The number of nitrogens with one attached hydrogen (secondary N) is 3. The number of piperazine rings is 1. The molecule has 2 amide bonds. The van der Waals surface area contributed by atoms with Gasteiger partial charge in [-0.05, 0) is 66.9 Å². The molecule has 0 radical (unpaired) electrons. The lowest BCUT2D eigenvalue weighted by Gasteiger charge is -2.39. The number of nitrogens with zero attached hydrogens (tertiary/aromatic N) is 4. The lowest BCUT2D eigenvalue weighted by atomic mass is 9.91. The number of amides is 2. The molecule has 0 bridgehead atoms. The average molecular weight is 882 g/mol. The van der Waals surface area contributed by atoms with Gasteiger partial charge in [0, 0.05) is 93.1 Å². The van der Waals surface area contributed by atoms with Gasteiger partial charge in [-0.1, -0.05) is 44.2 Å². The zero-order valence-electron chi connectivity index (χ0n) is 38.2. The number of ether oxygens (including phenoxy) is 6. The highest BCUT2D eigenvalue weighted by Gasteiger charge is 2.40. The van der Waals surface area contributed by atoms with Crippen LogP contribution in [0.1, 0.15) is 66.5 Å². The fourth-order valence-corrected chi connectivity index (χ4v) is 7.95. The molecule has 4 aromatic rings. The van der Waals surface area contributed by atoms with Crippen LogP contribution >= 0.6 is 0 Å². The minimum Gasteiger partial charge on any atom is -0.491 e. The van der Waals surface area contributed by atoms with Gasteiger partial charge in [0.2, 0.25) is 5.91 Å². The van der Waals surface area contributed by atoms with E-state index in [4.69, 9.17) is 33.4 Å². The minimum absolute atomic E-state index is 0.0872. The Morgan fingerprint density at radius 2 is 1.56 bits per heavy atom. The summed E-state index contributed by atoms with van der Waals surface area (Å²) >= 11 is 0. The molecule has 64 heavy (non-hydrogen) atoms. The first-order chi connectivity index (χ1) is 31.1. The normalized spacial score (nSPS) is 17.5. The van der Waals surface area contributed by atoms with Crippen LogP contribution in [0.5, 0.6) is 5.75 Å². The van der Waals surface area contributed by atoms with Crippen LogP contribution in [0.2, 0.25) is 0 Å². The molecule has 1 saturated heterocycles. The SMILES string of the molecule is COC[C@H]1CN[C@H](C)CN1CC(=O)N1CC(C)(C)c2ncc(Cc3ccccc3OCCOCCOCCOCCOCCN[C@H](C)c3ccc(C(=O)Nc4ccncc4)cc3)cc21. The van der Waals surface area contributed by atoms with Crippen molar-refractivity contribution < 1.29 is 38.0 Å². The first kappa shape index (κ1) is 48.6. The predicted octanol–water partition coefficient (Wildman–Crippen LogP) is 5.05. The number of methoxy groups -OCH3 is 1. The standard InChI is InChI=1S/C49H67N7O8/c1-36-32-55(43(31-52-36)34-59-5)33-46(57)56-35-49(3,4)47-44(56)29-38(30-53-47)28-41-8-6-7-9-45(41)64-27-26-63-25-24-62-23-22-61-21-20-60-19-18-51-37(2)39-10-12-40(13-11-39)48(58)54-42-14-16-50-17-15-42/h6-17,29-30,36-37,43,51-52H,18-28,31-35H2,1-5H3,(H,50,54,58)/t36-,37-,43-/m1/s1. The molecule has 15 nitrogen and oxygen atoms in total. The van der Waals surface area contributed by atoms with Crippen molar-refractivity contribution >= 4 is 23.2 Å². The Morgan fingerprint density at radius 1 is 0.891 bits per heavy atom. The van der Waals surface area contributed by atoms with Gasteiger partial charge in [0.1, 0.15) is 12.4 Å². The molecule has 2 aliphatic rings. The molecule has 15 heteroatoms. The van der Waals surface area contributed by atoms with Gasteiger partial charge in [0.25, 0.3) is 5.91 Å². The van der Waals surface area contributed by atoms with E-state index in [1.807, 2.05) is 53.6 Å². The van der Waals surface area contributed by atoms with Crippen molar-refractivity contribution in [1.29, 1.82) is 0 Å². The van der Waals surface area contributed by atoms with Crippen LogP contribution in [0.3, 0.4) is 0 Å². The summed E-state index contributed by atoms with van der Waals surface area (Å²) in [6.45, 7) is 16.6. The van der Waals surface area contributed by atoms with Crippen LogP contribution in [0, 0.1) is 0 Å². The molecule has 1 fully saturated rings. The van der Waals surface area contributed by atoms with E-state index < -0.39 is 0 Å². The smallest absolute Gasteiger partial charge is 0.255 e. The van der Waals surface area contributed by atoms with E-state index in [1.165, 1.54) is 0 Å². The Labute approximate surface area is 378 Å². The van der Waals surface area contributed by atoms with E-state index in [0.717, 1.165) is 46.9 Å². The summed E-state index contributed by atoms with van der Waals surface area (Å²) in [4.78, 5) is 39.4. The third-order valence-electron chi connectivity index (χ3n) is 11.4. The van der Waals surface area contributed by atoms with Crippen LogP contribution in [-0.4, -0.2) is 145 Å². The average Bonchev–Trinajstić information content (AvgIpc) is 3.57. The number of pyridine rings is 2. The summed E-state index contributed by atoms with van der Waals surface area (Å²) in [5, 5.41) is 9.83. The highest BCUT2D eigenvalue weighted by Crippen LogP contribution is 2.40. The van der Waals surface area contributed by atoms with Crippen molar-refractivity contribution in [1.82, 2.24) is 25.5 Å². The summed E-state index contributed by atoms with van der Waals surface area (Å²) in [6.07, 6.45) is 5.84. The zero-order chi connectivity index (χ0) is 45.2. The van der Waals surface area contributed by atoms with Gasteiger partial charge in [0.15, 0.2) is 0 Å². The number of carbonyl (C=O) groups excluding carboxylic acids is 2. The number of aromatic nitrogens is 2. The molecule has 2 aromatic heterocycles. The second-order valence-electron chi connectivity index (χ2n) is 17.0. The van der Waals surface area contributed by atoms with E-state index >= 15 is 0 Å². The van der Waals surface area contributed by atoms with Crippen molar-refractivity contribution in [3.63, 3.8) is 0 Å². The lowest BCUT2D eigenvalue weighted by Crippen LogP contribution is -2.59. The molecule has 6 rings (SSSR count). The summed E-state index contributed by atoms with van der Waals surface area (Å²) in [7, 11) is 1.71. The summed E-state index contributed by atoms with van der Waals surface area (Å²) in [6, 6.07) is 21.8. The van der Waals surface area contributed by atoms with Crippen molar-refractivity contribution in [3.05, 3.63) is 113 Å². The maximum Gasteiger partial charge on any atom is 0.255 e. The first-order valence-electron chi connectivity index (χ1n) is 22.4. The summed E-state index contributed by atoms with van der Waals surface area (Å²) in [5.74, 6) is 0.728. The Morgan fingerprint density at radius 3 is 2.27 bits per heavy atom. The number of hydrogen-bond acceptors (Lipinski definition) is 13. The molecule has 0 saturated carbocycles. The largest absolute Gasteiger partial charge is 0.491 e. The van der Waals surface area contributed by atoms with Gasteiger partial charge in [-0.25, -0.2) is 0 Å². The maximum absolute atomic E-state index is 13.9. The summed E-state index contributed by atoms with van der Waals surface area (Å²) < 4.78 is 34.4. The molecule has 2 aromatic carbocycles. The number of anilines is 2. The Bertz CT molecular complexity index is 2040. The van der Waals surface area contributed by atoms with Gasteiger partial charge in [-0.3, -0.25) is 24.5 Å². The predicted molar refractivity (Wildman–Crippen MR) is 247 cm³/mol. The van der Waals surface area contributed by atoms with Crippen molar-refractivity contribution in [2.75, 3.05) is 116 Å². The van der Waals surface area contributed by atoms with Crippen LogP contribution < -0.4 is 25.6 Å². The quantitative estimate of drug-likeness (QED) is 0.0721. The number of benzene rings is 2. The molecule has 3 N–H and O–H groups in total. The number of rotatable bonds is 26. The monoisotopic (exact) mass is 882 g/mol. The molecule has 4 heterocycles. The molecule has 346 valence electrons. The molecule has 0 spiro atoms. The lowest BCUT2D eigenvalue weighted by molar-refractivity contribution is -0.121. The van der Waals surface area contributed by atoms with Gasteiger partial charge in [-0.2, -0.15) is 0 Å². The maximum atomic E-state index is 13.9. The third kappa shape index (κ3) is 14.6. The number of carbonyl (C=O) groups is 2. The number of fused-ring (bicyclic) bond motifs is 1. The van der Waals surface area contributed by atoms with E-state index in [2.05, 4.69) is 65.7 Å². The number of hydrogen-bond donors (Lipinski definition) is 3. The van der Waals surface area contributed by atoms with Gasteiger partial charge in [0.05, 0.1) is 77.4 Å². The van der Waals surface area contributed by atoms with Gasteiger partial charge < -0.3 is 49.3 Å². The Balaban J connectivity index is 0.803. The minimum atomic E-state index is -0.246. The van der Waals surface area contributed by atoms with Crippen LogP contribution in [0.4, 0.5) is 11.4 Å². The van der Waals surface area contributed by atoms with Crippen LogP contribution in [-0.2, 0) is 40.3 Å². The van der Waals surface area contributed by atoms with Crippen LogP contribution in [0.15, 0.2) is 85.3 Å².